The highest BCUT2D eigenvalue weighted by atomic mass is 19.4. The van der Waals surface area contributed by atoms with Gasteiger partial charge in [0.2, 0.25) is 0 Å². The largest absolute Gasteiger partial charge is 0.392 e. The van der Waals surface area contributed by atoms with Crippen LogP contribution in [-0.2, 0) is 0 Å². The van der Waals surface area contributed by atoms with Crippen LogP contribution in [0.25, 0.3) is 0 Å². The van der Waals surface area contributed by atoms with Crippen molar-refractivity contribution in [2.75, 3.05) is 0 Å². The standard InChI is InChI=1S/C6H7F3O/c1-2-3-5(10)4-6(7,8)9/h5,10H,4H2,1H3. The van der Waals surface area contributed by atoms with Gasteiger partial charge in [-0.15, -0.1) is 5.92 Å². The summed E-state index contributed by atoms with van der Waals surface area (Å²) in [6, 6.07) is 0. The quantitative estimate of drug-likeness (QED) is 0.562. The molecule has 0 bridgehead atoms. The van der Waals surface area contributed by atoms with Gasteiger partial charge >= 0.3 is 6.18 Å². The summed E-state index contributed by atoms with van der Waals surface area (Å²) in [7, 11) is 0. The maximum Gasteiger partial charge on any atom is 0.392 e. The number of aliphatic hydroxyl groups excluding tert-OH is 1. The Kier molecular flexibility index (Phi) is 3.23. The van der Waals surface area contributed by atoms with Crippen LogP contribution < -0.4 is 0 Å². The van der Waals surface area contributed by atoms with Crippen molar-refractivity contribution in [3.05, 3.63) is 0 Å². The minimum Gasteiger partial charge on any atom is -0.380 e. The Hall–Kier alpha value is -0.690. The molecule has 0 aliphatic heterocycles. The highest BCUT2D eigenvalue weighted by molar-refractivity contribution is 5.02. The average molecular weight is 152 g/mol. The zero-order valence-corrected chi connectivity index (χ0v) is 5.37. The van der Waals surface area contributed by atoms with Gasteiger partial charge in [0.05, 0.1) is 6.42 Å². The van der Waals surface area contributed by atoms with Crippen molar-refractivity contribution >= 4 is 0 Å². The van der Waals surface area contributed by atoms with Gasteiger partial charge in [-0.2, -0.15) is 13.2 Å². The molecule has 1 atom stereocenters. The van der Waals surface area contributed by atoms with E-state index >= 15 is 0 Å². The van der Waals surface area contributed by atoms with Crippen LogP contribution in [0.3, 0.4) is 0 Å². The molecule has 0 rings (SSSR count). The first-order chi connectivity index (χ1) is 4.45. The van der Waals surface area contributed by atoms with E-state index < -0.39 is 18.7 Å². The van der Waals surface area contributed by atoms with Gasteiger partial charge in [-0.05, 0) is 6.92 Å². The predicted octanol–water partition coefficient (Wildman–Crippen LogP) is 1.32. The third-order valence-electron chi connectivity index (χ3n) is 0.736. The lowest BCUT2D eigenvalue weighted by molar-refractivity contribution is -0.147. The molecule has 0 saturated heterocycles. The van der Waals surface area contributed by atoms with E-state index in [1.165, 1.54) is 6.92 Å². The van der Waals surface area contributed by atoms with Crippen molar-refractivity contribution in [3.8, 4) is 11.8 Å². The van der Waals surface area contributed by atoms with E-state index in [0.717, 1.165) is 0 Å². The maximum absolute atomic E-state index is 11.4. The Balaban J connectivity index is 3.76. The lowest BCUT2D eigenvalue weighted by Gasteiger charge is -2.06. The van der Waals surface area contributed by atoms with E-state index in [1.54, 1.807) is 0 Å². The highest BCUT2D eigenvalue weighted by Gasteiger charge is 2.30. The topological polar surface area (TPSA) is 20.2 Å². The second-order valence-electron chi connectivity index (χ2n) is 1.73. The summed E-state index contributed by atoms with van der Waals surface area (Å²) in [5.74, 6) is 4.18. The zero-order chi connectivity index (χ0) is 8.20. The van der Waals surface area contributed by atoms with Gasteiger partial charge in [-0.1, -0.05) is 5.92 Å². The van der Waals surface area contributed by atoms with Crippen molar-refractivity contribution in [3.63, 3.8) is 0 Å². The van der Waals surface area contributed by atoms with Crippen molar-refractivity contribution in [1.82, 2.24) is 0 Å². The SMILES string of the molecule is CC#CC(O)CC(F)(F)F. The molecule has 1 nitrogen and oxygen atoms in total. The molecule has 1 N–H and O–H groups in total. The Morgan fingerprint density at radius 1 is 1.50 bits per heavy atom. The lowest BCUT2D eigenvalue weighted by atomic mass is 10.2. The molecular formula is C6H7F3O. The molecule has 0 aromatic carbocycles. The van der Waals surface area contributed by atoms with Gasteiger partial charge < -0.3 is 5.11 Å². The minimum atomic E-state index is -4.33. The molecule has 0 aliphatic carbocycles. The van der Waals surface area contributed by atoms with Gasteiger partial charge in [0, 0.05) is 0 Å². The fourth-order valence-electron chi connectivity index (χ4n) is 0.437. The molecule has 0 amide bonds. The molecule has 58 valence electrons. The Bertz CT molecular complexity index is 151. The first-order valence-corrected chi connectivity index (χ1v) is 2.63. The third-order valence-corrected chi connectivity index (χ3v) is 0.736. The second kappa shape index (κ2) is 3.47. The summed E-state index contributed by atoms with van der Waals surface area (Å²) >= 11 is 0. The molecule has 0 radical (unpaired) electrons. The van der Waals surface area contributed by atoms with E-state index in [1.807, 2.05) is 5.92 Å². The molecule has 1 unspecified atom stereocenters. The summed E-state index contributed by atoms with van der Waals surface area (Å²) in [5.41, 5.74) is 0. The fraction of sp³-hybridized carbons (Fsp3) is 0.667. The monoisotopic (exact) mass is 152 g/mol. The van der Waals surface area contributed by atoms with Crippen LogP contribution in [0.4, 0.5) is 13.2 Å². The number of halogens is 3. The average Bonchev–Trinajstić information content (AvgIpc) is 1.59. The summed E-state index contributed by atoms with van der Waals surface area (Å²) in [6.07, 6.45) is -7.16. The summed E-state index contributed by atoms with van der Waals surface area (Å²) < 4.78 is 34.2. The van der Waals surface area contributed by atoms with Crippen LogP contribution >= 0.6 is 0 Å². The Morgan fingerprint density at radius 3 is 2.30 bits per heavy atom. The van der Waals surface area contributed by atoms with Crippen LogP contribution in [0.1, 0.15) is 13.3 Å². The summed E-state index contributed by atoms with van der Waals surface area (Å²) in [5, 5.41) is 8.49. The molecule has 0 fully saturated rings. The van der Waals surface area contributed by atoms with E-state index in [0.29, 0.717) is 0 Å². The minimum absolute atomic E-state index is 1.26. The fourth-order valence-corrected chi connectivity index (χ4v) is 0.437. The first-order valence-electron chi connectivity index (χ1n) is 2.63. The highest BCUT2D eigenvalue weighted by Crippen LogP contribution is 2.20. The lowest BCUT2D eigenvalue weighted by Crippen LogP contribution is -2.17. The van der Waals surface area contributed by atoms with Gasteiger partial charge in [0.25, 0.3) is 0 Å². The number of hydrogen-bond donors (Lipinski definition) is 1. The Morgan fingerprint density at radius 2 is 2.00 bits per heavy atom. The summed E-state index contributed by atoms with van der Waals surface area (Å²) in [6.45, 7) is 1.37. The number of hydrogen-bond acceptors (Lipinski definition) is 1. The van der Waals surface area contributed by atoms with Gasteiger partial charge in [-0.3, -0.25) is 0 Å². The van der Waals surface area contributed by atoms with E-state index in [-0.39, 0.29) is 0 Å². The predicted molar refractivity (Wildman–Crippen MR) is 30.1 cm³/mol. The molecule has 10 heavy (non-hydrogen) atoms. The van der Waals surface area contributed by atoms with Crippen molar-refractivity contribution < 1.29 is 18.3 Å². The summed E-state index contributed by atoms with van der Waals surface area (Å²) in [4.78, 5) is 0. The van der Waals surface area contributed by atoms with Gasteiger partial charge in [-0.25, -0.2) is 0 Å². The first kappa shape index (κ1) is 9.31. The van der Waals surface area contributed by atoms with Crippen LogP contribution in [0, 0.1) is 11.8 Å². The molecule has 4 heteroatoms. The van der Waals surface area contributed by atoms with Crippen molar-refractivity contribution in [2.45, 2.75) is 25.6 Å². The van der Waals surface area contributed by atoms with Crippen LogP contribution in [-0.4, -0.2) is 17.4 Å². The van der Waals surface area contributed by atoms with Crippen LogP contribution in [0.15, 0.2) is 0 Å². The van der Waals surface area contributed by atoms with Gasteiger partial charge in [0.1, 0.15) is 6.10 Å². The molecule has 0 aromatic rings. The third kappa shape index (κ3) is 5.45. The van der Waals surface area contributed by atoms with E-state index in [4.69, 9.17) is 5.11 Å². The molecular weight excluding hydrogens is 145 g/mol. The molecule has 0 aliphatic rings. The van der Waals surface area contributed by atoms with Gasteiger partial charge in [0.15, 0.2) is 0 Å². The Labute approximate surface area is 56.9 Å². The van der Waals surface area contributed by atoms with Crippen molar-refractivity contribution in [1.29, 1.82) is 0 Å². The zero-order valence-electron chi connectivity index (χ0n) is 5.37. The van der Waals surface area contributed by atoms with E-state index in [2.05, 4.69) is 5.92 Å². The molecule has 0 aromatic heterocycles. The smallest absolute Gasteiger partial charge is 0.380 e. The molecule has 0 heterocycles. The number of aliphatic hydroxyl groups is 1. The number of alkyl halides is 3. The molecule has 0 saturated carbocycles. The number of rotatable bonds is 1. The second-order valence-corrected chi connectivity index (χ2v) is 1.73. The molecule has 0 spiro atoms. The van der Waals surface area contributed by atoms with Crippen LogP contribution in [0.5, 0.6) is 0 Å². The van der Waals surface area contributed by atoms with Crippen molar-refractivity contribution in [2.24, 2.45) is 0 Å². The van der Waals surface area contributed by atoms with E-state index in [9.17, 15) is 13.2 Å². The van der Waals surface area contributed by atoms with Crippen LogP contribution in [0.2, 0.25) is 0 Å². The normalized spacial score (nSPS) is 13.7. The maximum atomic E-state index is 11.4.